The van der Waals surface area contributed by atoms with E-state index in [9.17, 15) is 13.2 Å². The molecule has 0 aromatic heterocycles. The van der Waals surface area contributed by atoms with Crippen LogP contribution < -0.4 is 0 Å². The van der Waals surface area contributed by atoms with E-state index in [0.717, 1.165) is 31.6 Å². The van der Waals surface area contributed by atoms with Crippen molar-refractivity contribution in [2.45, 2.75) is 109 Å². The second-order valence-corrected chi connectivity index (χ2v) is 9.63. The average Bonchev–Trinajstić information content (AvgIpc) is 2.74. The van der Waals surface area contributed by atoms with E-state index in [-0.39, 0.29) is 18.8 Å². The first-order chi connectivity index (χ1) is 14.0. The fourth-order valence-corrected chi connectivity index (χ4v) is 5.19. The van der Waals surface area contributed by atoms with Crippen molar-refractivity contribution in [1.82, 2.24) is 0 Å². The Bertz CT molecular complexity index is 593. The van der Waals surface area contributed by atoms with Crippen LogP contribution in [0.4, 0.5) is 13.2 Å². The first kappa shape index (κ1) is 22.6. The largest absolute Gasteiger partial charge is 0.244 e. The number of alkyl halides is 3. The zero-order valence-corrected chi connectivity index (χ0v) is 17.9. The smallest absolute Gasteiger partial charge is 0.162 e. The lowest BCUT2D eigenvalue weighted by atomic mass is 9.79. The van der Waals surface area contributed by atoms with Crippen molar-refractivity contribution in [3.8, 4) is 23.7 Å². The molecular formula is C26H37F3. The SMILES string of the molecule is CCCCC1CCC(C#CC2CCC(C#CC3CC(F)C(F)C(F)C3)CC2)CC1. The fourth-order valence-electron chi connectivity index (χ4n) is 5.19. The molecule has 0 amide bonds. The summed E-state index contributed by atoms with van der Waals surface area (Å²) < 4.78 is 40.3. The molecule has 0 nitrogen and oxygen atoms in total. The van der Waals surface area contributed by atoms with Gasteiger partial charge in [0.25, 0.3) is 0 Å². The number of halogens is 3. The zero-order valence-electron chi connectivity index (χ0n) is 17.9. The van der Waals surface area contributed by atoms with E-state index >= 15 is 0 Å². The van der Waals surface area contributed by atoms with Crippen LogP contribution in [0.1, 0.15) is 90.4 Å². The van der Waals surface area contributed by atoms with Gasteiger partial charge in [-0.3, -0.25) is 0 Å². The average molecular weight is 407 g/mol. The number of hydrogen-bond donors (Lipinski definition) is 0. The molecule has 3 fully saturated rings. The van der Waals surface area contributed by atoms with Gasteiger partial charge in [-0.15, -0.1) is 0 Å². The Morgan fingerprint density at radius 1 is 0.621 bits per heavy atom. The Morgan fingerprint density at radius 3 is 1.48 bits per heavy atom. The Morgan fingerprint density at radius 2 is 1.03 bits per heavy atom. The predicted octanol–water partition coefficient (Wildman–Crippen LogP) is 7.22. The predicted molar refractivity (Wildman–Crippen MR) is 113 cm³/mol. The Kier molecular flexibility index (Phi) is 8.84. The minimum absolute atomic E-state index is 0.0378. The van der Waals surface area contributed by atoms with Gasteiger partial charge in [0.05, 0.1) is 0 Å². The van der Waals surface area contributed by atoms with Gasteiger partial charge in [-0.1, -0.05) is 49.9 Å². The normalized spacial score (nSPS) is 40.3. The number of rotatable bonds is 3. The van der Waals surface area contributed by atoms with Crippen molar-refractivity contribution in [3.05, 3.63) is 0 Å². The summed E-state index contributed by atoms with van der Waals surface area (Å²) in [5.74, 6) is 15.4. The second kappa shape index (κ2) is 11.3. The van der Waals surface area contributed by atoms with Gasteiger partial charge in [0.15, 0.2) is 6.17 Å². The molecule has 3 rings (SSSR count). The summed E-state index contributed by atoms with van der Waals surface area (Å²) >= 11 is 0. The maximum absolute atomic E-state index is 13.5. The molecule has 3 aliphatic rings. The molecule has 0 saturated heterocycles. The Balaban J connectivity index is 1.37. The van der Waals surface area contributed by atoms with Gasteiger partial charge < -0.3 is 0 Å². The lowest BCUT2D eigenvalue weighted by Gasteiger charge is -2.27. The molecule has 0 aliphatic heterocycles. The first-order valence-electron chi connectivity index (χ1n) is 12.0. The van der Waals surface area contributed by atoms with Gasteiger partial charge in [-0.25, -0.2) is 13.2 Å². The molecule has 3 aliphatic carbocycles. The van der Waals surface area contributed by atoms with E-state index in [1.54, 1.807) is 0 Å². The number of hydrogen-bond acceptors (Lipinski definition) is 0. The molecule has 2 atom stereocenters. The fraction of sp³-hybridized carbons (Fsp3) is 0.846. The molecule has 3 saturated carbocycles. The van der Waals surface area contributed by atoms with E-state index < -0.39 is 18.5 Å². The lowest BCUT2D eigenvalue weighted by molar-refractivity contribution is 0.0297. The molecule has 0 spiro atoms. The van der Waals surface area contributed by atoms with Crippen LogP contribution in [0.5, 0.6) is 0 Å². The molecule has 0 aromatic rings. The topological polar surface area (TPSA) is 0 Å². The van der Waals surface area contributed by atoms with Crippen molar-refractivity contribution in [3.63, 3.8) is 0 Å². The van der Waals surface area contributed by atoms with E-state index in [4.69, 9.17) is 0 Å². The third-order valence-corrected chi connectivity index (χ3v) is 7.23. The maximum atomic E-state index is 13.5. The molecule has 3 heteroatoms. The lowest BCUT2D eigenvalue weighted by Crippen LogP contribution is -2.36. The van der Waals surface area contributed by atoms with Crippen molar-refractivity contribution in [1.29, 1.82) is 0 Å². The third kappa shape index (κ3) is 6.98. The third-order valence-electron chi connectivity index (χ3n) is 7.23. The monoisotopic (exact) mass is 406 g/mol. The molecular weight excluding hydrogens is 369 g/mol. The van der Waals surface area contributed by atoms with Crippen LogP contribution in [0.15, 0.2) is 0 Å². The summed E-state index contributed by atoms with van der Waals surface area (Å²) in [7, 11) is 0. The van der Waals surface area contributed by atoms with E-state index in [0.29, 0.717) is 17.8 Å². The molecule has 0 N–H and O–H groups in total. The molecule has 0 radical (unpaired) electrons. The van der Waals surface area contributed by atoms with E-state index in [1.807, 2.05) is 0 Å². The first-order valence-corrected chi connectivity index (χ1v) is 12.0. The molecule has 0 bridgehead atoms. The highest BCUT2D eigenvalue weighted by Crippen LogP contribution is 2.34. The maximum Gasteiger partial charge on any atom is 0.162 e. The highest BCUT2D eigenvalue weighted by atomic mass is 19.2. The van der Waals surface area contributed by atoms with Crippen LogP contribution in [-0.4, -0.2) is 18.5 Å². The van der Waals surface area contributed by atoms with Gasteiger partial charge in [0, 0.05) is 23.7 Å². The minimum Gasteiger partial charge on any atom is -0.244 e. The molecule has 29 heavy (non-hydrogen) atoms. The van der Waals surface area contributed by atoms with Crippen molar-refractivity contribution in [2.75, 3.05) is 0 Å². The van der Waals surface area contributed by atoms with Gasteiger partial charge in [-0.2, -0.15) is 0 Å². The highest BCUT2D eigenvalue weighted by molar-refractivity contribution is 5.13. The summed E-state index contributed by atoms with van der Waals surface area (Å²) in [6.45, 7) is 2.27. The summed E-state index contributed by atoms with van der Waals surface area (Å²) in [6, 6.07) is 0. The Labute approximate surface area is 175 Å². The quantitative estimate of drug-likeness (QED) is 0.434. The van der Waals surface area contributed by atoms with Crippen molar-refractivity contribution in [2.24, 2.45) is 29.6 Å². The van der Waals surface area contributed by atoms with Crippen LogP contribution in [-0.2, 0) is 0 Å². The van der Waals surface area contributed by atoms with Gasteiger partial charge in [0.2, 0.25) is 0 Å². The highest BCUT2D eigenvalue weighted by Gasteiger charge is 2.38. The van der Waals surface area contributed by atoms with Crippen molar-refractivity contribution < 1.29 is 13.2 Å². The van der Waals surface area contributed by atoms with Gasteiger partial charge >= 0.3 is 0 Å². The summed E-state index contributed by atoms with van der Waals surface area (Å²) in [5, 5.41) is 0. The Hall–Kier alpha value is -1.09. The van der Waals surface area contributed by atoms with E-state index in [1.165, 1.54) is 44.9 Å². The molecule has 0 heterocycles. The van der Waals surface area contributed by atoms with Crippen LogP contribution in [0.3, 0.4) is 0 Å². The van der Waals surface area contributed by atoms with E-state index in [2.05, 4.69) is 30.6 Å². The van der Waals surface area contributed by atoms with Crippen LogP contribution in [0, 0.1) is 53.3 Å². The van der Waals surface area contributed by atoms with Crippen molar-refractivity contribution >= 4 is 0 Å². The molecule has 0 aromatic carbocycles. The number of unbranched alkanes of at least 4 members (excludes halogenated alkanes) is 1. The van der Waals surface area contributed by atoms with Gasteiger partial charge in [-0.05, 0) is 70.1 Å². The summed E-state index contributed by atoms with van der Waals surface area (Å²) in [4.78, 5) is 0. The van der Waals surface area contributed by atoms with Gasteiger partial charge in [0.1, 0.15) is 12.3 Å². The minimum atomic E-state index is -1.96. The standard InChI is InChI=1S/C26H37F3/c1-2-3-4-19-5-7-20(8-6-19)9-10-21-11-13-22(14-12-21)15-16-23-17-24(27)26(29)25(28)18-23/h19-26H,2-8,11-14,17-18H2,1H3. The summed E-state index contributed by atoms with van der Waals surface area (Å²) in [5.41, 5.74) is 0. The molecule has 2 unspecified atom stereocenters. The zero-order chi connectivity index (χ0) is 20.6. The van der Waals surface area contributed by atoms with Crippen LogP contribution in [0.25, 0.3) is 0 Å². The van der Waals surface area contributed by atoms with Crippen LogP contribution >= 0.6 is 0 Å². The van der Waals surface area contributed by atoms with Crippen LogP contribution in [0.2, 0.25) is 0 Å². The second-order valence-electron chi connectivity index (χ2n) is 9.63. The molecule has 162 valence electrons. The summed E-state index contributed by atoms with van der Waals surface area (Å²) in [6.07, 6.45) is 8.22.